The molecule has 0 bridgehead atoms. The van der Waals surface area contributed by atoms with Gasteiger partial charge in [0.25, 0.3) is 0 Å². The van der Waals surface area contributed by atoms with Gasteiger partial charge in [-0.05, 0) is 11.1 Å². The quantitative estimate of drug-likeness (QED) is 0.701. The lowest BCUT2D eigenvalue weighted by atomic mass is 10.2. The highest BCUT2D eigenvalue weighted by Crippen LogP contribution is 1.96. The van der Waals surface area contributed by atoms with Crippen LogP contribution in [0.15, 0.2) is 0 Å². The Morgan fingerprint density at radius 2 is 2.31 bits per heavy atom. The lowest BCUT2D eigenvalue weighted by molar-refractivity contribution is 0.428. The molecule has 1 N–H and O–H groups in total. The van der Waals surface area contributed by atoms with E-state index in [1.807, 2.05) is 13.8 Å². The van der Waals surface area contributed by atoms with Crippen molar-refractivity contribution in [3.63, 3.8) is 0 Å². The molecule has 1 heterocycles. The number of hydrogen-bond acceptors (Lipinski definition) is 4. The Morgan fingerprint density at radius 3 is 2.85 bits per heavy atom. The Bertz CT molecular complexity index is 299. The summed E-state index contributed by atoms with van der Waals surface area (Å²) in [4.78, 5) is 1.44. The largest absolute Gasteiger partial charge is 0.306 e. The summed E-state index contributed by atoms with van der Waals surface area (Å²) < 4.78 is 18.9. The molecule has 0 aliphatic rings. The topological polar surface area (TPSA) is 80.9 Å². The van der Waals surface area contributed by atoms with Crippen molar-refractivity contribution >= 4 is 11.1 Å². The second-order valence-corrected chi connectivity index (χ2v) is 4.05. The van der Waals surface area contributed by atoms with Crippen molar-refractivity contribution in [2.24, 2.45) is 5.92 Å². The molecule has 0 saturated heterocycles. The van der Waals surface area contributed by atoms with Crippen LogP contribution in [-0.4, -0.2) is 29.0 Å². The summed E-state index contributed by atoms with van der Waals surface area (Å²) in [5, 5.41) is 11.3. The van der Waals surface area contributed by atoms with E-state index < -0.39 is 11.1 Å². The Morgan fingerprint density at radius 1 is 1.62 bits per heavy atom. The summed E-state index contributed by atoms with van der Waals surface area (Å²) in [5.74, 6) is 0.682. The van der Waals surface area contributed by atoms with Gasteiger partial charge in [-0.1, -0.05) is 13.8 Å². The molecule has 0 amide bonds. The van der Waals surface area contributed by atoms with Crippen LogP contribution < -0.4 is 0 Å². The van der Waals surface area contributed by atoms with E-state index in [4.69, 9.17) is 4.55 Å². The van der Waals surface area contributed by atoms with Crippen LogP contribution in [0.5, 0.6) is 0 Å². The standard InChI is InChI=1S/C6H12N4O2S/c1-5(2)3-10-8-6(7-9-10)4-13(11)12/h5H,3-4H2,1-2H3,(H,11,12). The van der Waals surface area contributed by atoms with E-state index in [2.05, 4.69) is 15.4 Å². The van der Waals surface area contributed by atoms with Gasteiger partial charge in [0.2, 0.25) is 0 Å². The minimum Gasteiger partial charge on any atom is -0.306 e. The normalized spacial score (nSPS) is 13.5. The molecule has 0 aliphatic carbocycles. The maximum Gasteiger partial charge on any atom is 0.189 e. The maximum atomic E-state index is 10.4. The van der Waals surface area contributed by atoms with Crippen molar-refractivity contribution < 1.29 is 8.76 Å². The van der Waals surface area contributed by atoms with E-state index in [1.165, 1.54) is 4.80 Å². The average Bonchev–Trinajstić information content (AvgIpc) is 2.33. The molecule has 0 saturated carbocycles. The third-order valence-corrected chi connectivity index (χ3v) is 1.78. The molecule has 0 aromatic carbocycles. The predicted octanol–water partition coefficient (Wildman–Crippen LogP) is 0.0508. The van der Waals surface area contributed by atoms with Gasteiger partial charge in [-0.15, -0.1) is 10.2 Å². The van der Waals surface area contributed by atoms with E-state index in [9.17, 15) is 4.21 Å². The third-order valence-electron chi connectivity index (χ3n) is 1.28. The molecule has 6 nitrogen and oxygen atoms in total. The summed E-state index contributed by atoms with van der Waals surface area (Å²) >= 11 is -1.89. The molecule has 1 unspecified atom stereocenters. The van der Waals surface area contributed by atoms with Crippen molar-refractivity contribution in [1.82, 2.24) is 20.2 Å². The van der Waals surface area contributed by atoms with Crippen molar-refractivity contribution in [2.45, 2.75) is 26.1 Å². The first-order chi connectivity index (χ1) is 6.08. The van der Waals surface area contributed by atoms with E-state index in [0.717, 1.165) is 0 Å². The Balaban J connectivity index is 2.58. The van der Waals surface area contributed by atoms with Crippen LogP contribution in [0.2, 0.25) is 0 Å². The molecule has 0 spiro atoms. The van der Waals surface area contributed by atoms with Crippen molar-refractivity contribution in [2.75, 3.05) is 0 Å². The zero-order chi connectivity index (χ0) is 9.84. The van der Waals surface area contributed by atoms with Gasteiger partial charge in [-0.25, -0.2) is 4.21 Å². The molecule has 1 rings (SSSR count). The van der Waals surface area contributed by atoms with Gasteiger partial charge < -0.3 is 4.55 Å². The van der Waals surface area contributed by atoms with Gasteiger partial charge in [0.15, 0.2) is 16.9 Å². The highest BCUT2D eigenvalue weighted by molar-refractivity contribution is 7.78. The van der Waals surface area contributed by atoms with Crippen LogP contribution in [0.3, 0.4) is 0 Å². The van der Waals surface area contributed by atoms with E-state index in [1.54, 1.807) is 0 Å². The first kappa shape index (κ1) is 10.3. The molecular weight excluding hydrogens is 192 g/mol. The first-order valence-electron chi connectivity index (χ1n) is 3.92. The Hall–Kier alpha value is -0.820. The van der Waals surface area contributed by atoms with Crippen LogP contribution in [0.25, 0.3) is 0 Å². The number of hydrogen-bond donors (Lipinski definition) is 1. The predicted molar refractivity (Wildman–Crippen MR) is 47.1 cm³/mol. The maximum absolute atomic E-state index is 10.4. The first-order valence-corrected chi connectivity index (χ1v) is 5.19. The van der Waals surface area contributed by atoms with Gasteiger partial charge in [-0.2, -0.15) is 4.80 Å². The summed E-state index contributed by atoms with van der Waals surface area (Å²) in [5.41, 5.74) is 0. The zero-order valence-corrected chi connectivity index (χ0v) is 8.36. The fourth-order valence-electron chi connectivity index (χ4n) is 0.849. The molecule has 0 fully saturated rings. The lowest BCUT2D eigenvalue weighted by Gasteiger charge is -1.99. The van der Waals surface area contributed by atoms with Crippen molar-refractivity contribution in [1.29, 1.82) is 0 Å². The summed E-state index contributed by atoms with van der Waals surface area (Å²) in [6.07, 6.45) is 0. The van der Waals surface area contributed by atoms with Gasteiger partial charge in [-0.3, -0.25) is 0 Å². The highest BCUT2D eigenvalue weighted by atomic mass is 32.2. The van der Waals surface area contributed by atoms with Crippen molar-refractivity contribution in [3.05, 3.63) is 5.82 Å². The Labute approximate surface area is 78.6 Å². The molecule has 13 heavy (non-hydrogen) atoms. The minimum absolute atomic E-state index is 0.0574. The van der Waals surface area contributed by atoms with Crippen LogP contribution >= 0.6 is 0 Å². The van der Waals surface area contributed by atoms with Gasteiger partial charge >= 0.3 is 0 Å². The molecule has 0 radical (unpaired) electrons. The van der Waals surface area contributed by atoms with Gasteiger partial charge in [0, 0.05) is 0 Å². The van der Waals surface area contributed by atoms with Crippen molar-refractivity contribution in [3.8, 4) is 0 Å². The second-order valence-electron chi connectivity index (χ2n) is 3.12. The summed E-state index contributed by atoms with van der Waals surface area (Å²) in [6, 6.07) is 0. The fraction of sp³-hybridized carbons (Fsp3) is 0.833. The van der Waals surface area contributed by atoms with Crippen LogP contribution in [0, 0.1) is 5.92 Å². The van der Waals surface area contributed by atoms with Crippen LogP contribution in [0.1, 0.15) is 19.7 Å². The number of aromatic nitrogens is 4. The molecule has 1 aromatic heterocycles. The zero-order valence-electron chi connectivity index (χ0n) is 7.54. The molecule has 1 aromatic rings. The van der Waals surface area contributed by atoms with E-state index >= 15 is 0 Å². The smallest absolute Gasteiger partial charge is 0.189 e. The second kappa shape index (κ2) is 4.43. The lowest BCUT2D eigenvalue weighted by Crippen LogP contribution is -2.08. The number of tetrazole rings is 1. The van der Waals surface area contributed by atoms with Gasteiger partial charge in [0.05, 0.1) is 6.54 Å². The molecule has 1 atom stereocenters. The van der Waals surface area contributed by atoms with E-state index in [-0.39, 0.29) is 5.75 Å². The number of rotatable bonds is 4. The average molecular weight is 204 g/mol. The van der Waals surface area contributed by atoms with Crippen LogP contribution in [0.4, 0.5) is 0 Å². The fourth-order valence-corrected chi connectivity index (χ4v) is 1.18. The van der Waals surface area contributed by atoms with Crippen LogP contribution in [-0.2, 0) is 23.4 Å². The third kappa shape index (κ3) is 3.60. The number of nitrogens with zero attached hydrogens (tertiary/aromatic N) is 4. The molecule has 0 aliphatic heterocycles. The Kier molecular flexibility index (Phi) is 3.49. The molecule has 74 valence electrons. The SMILES string of the molecule is CC(C)Cn1nnc(CS(=O)O)n1. The van der Waals surface area contributed by atoms with Gasteiger partial charge in [0.1, 0.15) is 5.75 Å². The summed E-state index contributed by atoms with van der Waals surface area (Å²) in [6.45, 7) is 4.74. The highest BCUT2D eigenvalue weighted by Gasteiger charge is 2.06. The summed E-state index contributed by atoms with van der Waals surface area (Å²) in [7, 11) is 0. The molecular formula is C6H12N4O2S. The van der Waals surface area contributed by atoms with E-state index in [0.29, 0.717) is 18.3 Å². The minimum atomic E-state index is -1.89. The molecule has 7 heteroatoms. The monoisotopic (exact) mass is 204 g/mol.